The van der Waals surface area contributed by atoms with Crippen molar-refractivity contribution in [2.24, 2.45) is 0 Å². The van der Waals surface area contributed by atoms with Gasteiger partial charge in [-0.25, -0.2) is 0 Å². The van der Waals surface area contributed by atoms with Crippen molar-refractivity contribution < 1.29 is 4.74 Å². The minimum atomic E-state index is 0.624. The van der Waals surface area contributed by atoms with Crippen LogP contribution in [0, 0.1) is 13.8 Å². The molecule has 0 fully saturated rings. The molecule has 0 aliphatic heterocycles. The number of ether oxygens (including phenoxy) is 1. The lowest BCUT2D eigenvalue weighted by Gasteiger charge is -2.25. The third kappa shape index (κ3) is 1.71. The zero-order valence-electron chi connectivity index (χ0n) is 10.3. The Balaban J connectivity index is 2.70. The van der Waals surface area contributed by atoms with E-state index in [0.29, 0.717) is 5.88 Å². The predicted octanol–water partition coefficient (Wildman–Crippen LogP) is 3.93. The molecule has 1 aromatic rings. The molecule has 0 bridgehead atoms. The summed E-state index contributed by atoms with van der Waals surface area (Å²) in [6.07, 6.45) is 4.86. The molecule has 1 aliphatic carbocycles. The number of benzene rings is 1. The van der Waals surface area contributed by atoms with Gasteiger partial charge in [0.05, 0.1) is 7.11 Å². The summed E-state index contributed by atoms with van der Waals surface area (Å²) in [7, 11) is 1.77. The highest BCUT2D eigenvalue weighted by Crippen LogP contribution is 2.38. The Morgan fingerprint density at radius 2 is 1.69 bits per heavy atom. The lowest BCUT2D eigenvalue weighted by atomic mass is 9.84. The van der Waals surface area contributed by atoms with Gasteiger partial charge in [0, 0.05) is 5.88 Å². The molecular weight excluding hydrogens is 220 g/mol. The first-order chi connectivity index (χ1) is 7.70. The molecule has 88 valence electrons. The van der Waals surface area contributed by atoms with Gasteiger partial charge in [-0.1, -0.05) is 0 Å². The zero-order valence-corrected chi connectivity index (χ0v) is 11.1. The fourth-order valence-electron chi connectivity index (χ4n) is 2.80. The van der Waals surface area contributed by atoms with Gasteiger partial charge >= 0.3 is 0 Å². The number of alkyl halides is 1. The Kier molecular flexibility index (Phi) is 3.44. The van der Waals surface area contributed by atoms with Crippen LogP contribution in [0.5, 0.6) is 5.75 Å². The van der Waals surface area contributed by atoms with Crippen molar-refractivity contribution >= 4 is 11.6 Å². The Hall–Kier alpha value is -0.690. The summed E-state index contributed by atoms with van der Waals surface area (Å²) in [4.78, 5) is 0. The van der Waals surface area contributed by atoms with Crippen LogP contribution in [0.1, 0.15) is 40.7 Å². The standard InChI is InChI=1S/C14H19ClO/c1-9-10(2)14(16-3)12-7-5-4-6-11(12)13(9)8-15/h4-8H2,1-3H3. The summed E-state index contributed by atoms with van der Waals surface area (Å²) in [6, 6.07) is 0. The molecule has 1 aromatic carbocycles. The Morgan fingerprint density at radius 1 is 1.06 bits per heavy atom. The first-order valence-corrected chi connectivity index (χ1v) is 6.47. The topological polar surface area (TPSA) is 9.23 Å². The Morgan fingerprint density at radius 3 is 2.25 bits per heavy atom. The molecule has 1 aliphatic rings. The Bertz CT molecular complexity index is 371. The van der Waals surface area contributed by atoms with Crippen molar-refractivity contribution in [3.05, 3.63) is 27.8 Å². The smallest absolute Gasteiger partial charge is 0.125 e. The van der Waals surface area contributed by atoms with Gasteiger partial charge in [0.15, 0.2) is 0 Å². The van der Waals surface area contributed by atoms with Crippen LogP contribution in [-0.2, 0) is 18.7 Å². The van der Waals surface area contributed by atoms with Gasteiger partial charge < -0.3 is 4.74 Å². The van der Waals surface area contributed by atoms with Crippen LogP contribution >= 0.6 is 11.6 Å². The van der Waals surface area contributed by atoms with Crippen LogP contribution in [-0.4, -0.2) is 7.11 Å². The first-order valence-electron chi connectivity index (χ1n) is 5.94. The molecule has 0 radical (unpaired) electrons. The predicted molar refractivity (Wildman–Crippen MR) is 68.7 cm³/mol. The van der Waals surface area contributed by atoms with E-state index in [4.69, 9.17) is 16.3 Å². The second-order valence-corrected chi connectivity index (χ2v) is 4.83. The highest BCUT2D eigenvalue weighted by molar-refractivity contribution is 6.17. The average molecular weight is 239 g/mol. The third-order valence-corrected chi connectivity index (χ3v) is 4.07. The number of halogens is 1. The van der Waals surface area contributed by atoms with Gasteiger partial charge in [0.1, 0.15) is 5.75 Å². The van der Waals surface area contributed by atoms with E-state index in [1.54, 1.807) is 7.11 Å². The second-order valence-electron chi connectivity index (χ2n) is 4.56. The van der Waals surface area contributed by atoms with Crippen molar-refractivity contribution in [3.8, 4) is 5.75 Å². The SMILES string of the molecule is COc1c(C)c(C)c(CCl)c2c1CCCC2. The molecule has 0 amide bonds. The summed E-state index contributed by atoms with van der Waals surface area (Å²) in [5.41, 5.74) is 6.79. The number of rotatable bonds is 2. The summed E-state index contributed by atoms with van der Waals surface area (Å²) in [6.45, 7) is 4.30. The highest BCUT2D eigenvalue weighted by atomic mass is 35.5. The molecule has 2 rings (SSSR count). The van der Waals surface area contributed by atoms with E-state index in [1.165, 1.54) is 40.7 Å². The molecule has 0 saturated carbocycles. The zero-order chi connectivity index (χ0) is 11.7. The van der Waals surface area contributed by atoms with Gasteiger partial charge in [0.25, 0.3) is 0 Å². The lowest BCUT2D eigenvalue weighted by Crippen LogP contribution is -2.11. The molecule has 1 nitrogen and oxygen atoms in total. The fourth-order valence-corrected chi connectivity index (χ4v) is 3.16. The van der Waals surface area contributed by atoms with E-state index in [2.05, 4.69) is 13.8 Å². The quantitative estimate of drug-likeness (QED) is 0.710. The van der Waals surface area contributed by atoms with Crippen LogP contribution < -0.4 is 4.74 Å². The maximum absolute atomic E-state index is 6.10. The highest BCUT2D eigenvalue weighted by Gasteiger charge is 2.21. The van der Waals surface area contributed by atoms with E-state index in [-0.39, 0.29) is 0 Å². The molecule has 0 atom stereocenters. The second kappa shape index (κ2) is 4.67. The first kappa shape index (κ1) is 11.8. The van der Waals surface area contributed by atoms with Crippen molar-refractivity contribution in [1.82, 2.24) is 0 Å². The molecule has 0 spiro atoms. The van der Waals surface area contributed by atoms with E-state index >= 15 is 0 Å². The van der Waals surface area contributed by atoms with Crippen molar-refractivity contribution in [1.29, 1.82) is 0 Å². The third-order valence-electron chi connectivity index (χ3n) is 3.80. The maximum Gasteiger partial charge on any atom is 0.125 e. The number of hydrogen-bond acceptors (Lipinski definition) is 1. The fraction of sp³-hybridized carbons (Fsp3) is 0.571. The molecule has 0 unspecified atom stereocenters. The van der Waals surface area contributed by atoms with E-state index in [1.807, 2.05) is 0 Å². The van der Waals surface area contributed by atoms with Gasteiger partial charge in [-0.15, -0.1) is 11.6 Å². The van der Waals surface area contributed by atoms with E-state index in [0.717, 1.165) is 18.6 Å². The van der Waals surface area contributed by atoms with Crippen molar-refractivity contribution in [3.63, 3.8) is 0 Å². The van der Waals surface area contributed by atoms with Crippen LogP contribution in [0.4, 0.5) is 0 Å². The normalized spacial score (nSPS) is 14.8. The molecule has 0 saturated heterocycles. The summed E-state index contributed by atoms with van der Waals surface area (Å²) in [5.74, 6) is 1.72. The van der Waals surface area contributed by atoms with Crippen LogP contribution in [0.3, 0.4) is 0 Å². The molecule has 2 heteroatoms. The minimum absolute atomic E-state index is 0.624. The van der Waals surface area contributed by atoms with Gasteiger partial charge in [-0.2, -0.15) is 0 Å². The van der Waals surface area contributed by atoms with Gasteiger partial charge in [-0.3, -0.25) is 0 Å². The summed E-state index contributed by atoms with van der Waals surface area (Å²) in [5, 5.41) is 0. The lowest BCUT2D eigenvalue weighted by molar-refractivity contribution is 0.402. The number of fused-ring (bicyclic) bond motifs is 1. The van der Waals surface area contributed by atoms with Gasteiger partial charge in [0.2, 0.25) is 0 Å². The van der Waals surface area contributed by atoms with Crippen molar-refractivity contribution in [2.75, 3.05) is 7.11 Å². The number of methoxy groups -OCH3 is 1. The van der Waals surface area contributed by atoms with E-state index < -0.39 is 0 Å². The Labute approximate surface area is 103 Å². The monoisotopic (exact) mass is 238 g/mol. The van der Waals surface area contributed by atoms with Crippen molar-refractivity contribution in [2.45, 2.75) is 45.4 Å². The summed E-state index contributed by atoms with van der Waals surface area (Å²) < 4.78 is 5.58. The molecule has 0 aromatic heterocycles. The minimum Gasteiger partial charge on any atom is -0.496 e. The molecule has 16 heavy (non-hydrogen) atoms. The number of hydrogen-bond donors (Lipinski definition) is 0. The van der Waals surface area contributed by atoms with E-state index in [9.17, 15) is 0 Å². The maximum atomic E-state index is 6.10. The molecule has 0 heterocycles. The van der Waals surface area contributed by atoms with Crippen LogP contribution in [0.15, 0.2) is 0 Å². The van der Waals surface area contributed by atoms with Gasteiger partial charge in [-0.05, 0) is 67.3 Å². The molecular formula is C14H19ClO. The summed E-state index contributed by atoms with van der Waals surface area (Å²) >= 11 is 6.10. The molecule has 0 N–H and O–H groups in total. The van der Waals surface area contributed by atoms with Crippen LogP contribution in [0.2, 0.25) is 0 Å². The largest absolute Gasteiger partial charge is 0.496 e. The van der Waals surface area contributed by atoms with Crippen LogP contribution in [0.25, 0.3) is 0 Å². The average Bonchev–Trinajstić information content (AvgIpc) is 2.31.